The number of carbonyl (C=O) groups excluding carboxylic acids is 3. The first-order valence-corrected chi connectivity index (χ1v) is 12.9. The van der Waals surface area contributed by atoms with Crippen LogP contribution in [0.1, 0.15) is 49.4 Å². The Morgan fingerprint density at radius 2 is 1.92 bits per heavy atom. The van der Waals surface area contributed by atoms with E-state index in [4.69, 9.17) is 9.47 Å². The van der Waals surface area contributed by atoms with Gasteiger partial charge in [0.05, 0.1) is 30.8 Å². The van der Waals surface area contributed by atoms with Crippen LogP contribution in [0.25, 0.3) is 0 Å². The van der Waals surface area contributed by atoms with Gasteiger partial charge in [-0.3, -0.25) is 14.4 Å². The summed E-state index contributed by atoms with van der Waals surface area (Å²) in [4.78, 5) is 43.0. The lowest BCUT2D eigenvalue weighted by atomic mass is 9.66. The highest BCUT2D eigenvalue weighted by molar-refractivity contribution is 6.04. The molecule has 1 spiro atoms. The molecule has 5 rings (SSSR count). The summed E-state index contributed by atoms with van der Waals surface area (Å²) >= 11 is 0. The predicted octanol–water partition coefficient (Wildman–Crippen LogP) is 3.30. The van der Waals surface area contributed by atoms with Crippen molar-refractivity contribution >= 4 is 23.5 Å². The van der Waals surface area contributed by atoms with Crippen LogP contribution in [0.5, 0.6) is 0 Å². The molecule has 3 heterocycles. The van der Waals surface area contributed by atoms with Crippen LogP contribution in [0.3, 0.4) is 0 Å². The molecule has 0 radical (unpaired) electrons. The van der Waals surface area contributed by atoms with Gasteiger partial charge in [-0.15, -0.1) is 0 Å². The molecule has 0 aliphatic carbocycles. The van der Waals surface area contributed by atoms with Crippen molar-refractivity contribution in [3.05, 3.63) is 65.2 Å². The fourth-order valence-electron chi connectivity index (χ4n) is 6.69. The molecule has 196 valence electrons. The molecule has 0 saturated carbocycles. The summed E-state index contributed by atoms with van der Waals surface area (Å²) in [6.07, 6.45) is 0.973. The van der Waals surface area contributed by atoms with Gasteiger partial charge >= 0.3 is 5.97 Å². The Morgan fingerprint density at radius 3 is 2.59 bits per heavy atom. The van der Waals surface area contributed by atoms with Crippen LogP contribution in [-0.2, 0) is 23.9 Å². The quantitative estimate of drug-likeness (QED) is 0.559. The molecule has 2 aromatic carbocycles. The maximum atomic E-state index is 14.2. The third-order valence-electron chi connectivity index (χ3n) is 8.35. The largest absolute Gasteiger partial charge is 0.466 e. The zero-order chi connectivity index (χ0) is 26.5. The number of likely N-dealkylation sites (tertiary alicyclic amines) is 1. The lowest BCUT2D eigenvalue weighted by Gasteiger charge is -2.37. The monoisotopic (exact) mass is 506 g/mol. The lowest BCUT2D eigenvalue weighted by molar-refractivity contribution is -0.160. The van der Waals surface area contributed by atoms with Gasteiger partial charge in [0.15, 0.2) is 0 Å². The lowest BCUT2D eigenvalue weighted by Crippen LogP contribution is -2.54. The second kappa shape index (κ2) is 9.26. The number of aliphatic hydroxyl groups excluding tert-OH is 1. The number of nitrogens with zero attached hydrogens (tertiary/aromatic N) is 1. The van der Waals surface area contributed by atoms with Crippen molar-refractivity contribution in [1.29, 1.82) is 0 Å². The molecule has 3 saturated heterocycles. The fourth-order valence-corrected chi connectivity index (χ4v) is 6.69. The summed E-state index contributed by atoms with van der Waals surface area (Å²) in [6.45, 7) is 7.21. The SMILES string of the molecule is CCOC(=O)[C@H]1[C@H]2C(=O)N([C@H](CO)c3ccccc3)C(C(=O)Nc3cc(C)ccc3C)C23CC[C@]1(C)O3. The molecule has 2 amide bonds. The summed E-state index contributed by atoms with van der Waals surface area (Å²) < 4.78 is 12.0. The molecule has 37 heavy (non-hydrogen) atoms. The Kier molecular flexibility index (Phi) is 6.36. The zero-order valence-corrected chi connectivity index (χ0v) is 21.7. The van der Waals surface area contributed by atoms with Crippen molar-refractivity contribution in [3.8, 4) is 0 Å². The van der Waals surface area contributed by atoms with Crippen LogP contribution in [0.2, 0.25) is 0 Å². The second-order valence-electron chi connectivity index (χ2n) is 10.6. The Balaban J connectivity index is 1.62. The second-order valence-corrected chi connectivity index (χ2v) is 10.6. The number of anilines is 1. The van der Waals surface area contributed by atoms with Crippen LogP contribution < -0.4 is 5.32 Å². The fraction of sp³-hybridized carbons (Fsp3) is 0.483. The van der Waals surface area contributed by atoms with Gasteiger partial charge in [-0.25, -0.2) is 0 Å². The zero-order valence-electron chi connectivity index (χ0n) is 21.7. The molecular formula is C29H34N2O6. The van der Waals surface area contributed by atoms with Crippen molar-refractivity contribution in [1.82, 2.24) is 4.90 Å². The first kappa shape index (κ1) is 25.4. The number of fused-ring (bicyclic) bond motifs is 1. The van der Waals surface area contributed by atoms with Crippen molar-refractivity contribution < 1.29 is 29.0 Å². The summed E-state index contributed by atoms with van der Waals surface area (Å²) in [5.74, 6) is -2.96. The highest BCUT2D eigenvalue weighted by Gasteiger charge is 2.78. The normalized spacial score (nSPS) is 30.8. The highest BCUT2D eigenvalue weighted by atomic mass is 16.6. The van der Waals surface area contributed by atoms with Crippen molar-refractivity contribution in [2.75, 3.05) is 18.5 Å². The third kappa shape index (κ3) is 3.85. The molecule has 8 nitrogen and oxygen atoms in total. The van der Waals surface area contributed by atoms with Crippen molar-refractivity contribution in [3.63, 3.8) is 0 Å². The minimum absolute atomic E-state index is 0.183. The number of benzene rings is 2. The first-order valence-electron chi connectivity index (χ1n) is 12.9. The Hall–Kier alpha value is -3.23. The van der Waals surface area contributed by atoms with Crippen LogP contribution in [0, 0.1) is 25.7 Å². The summed E-state index contributed by atoms with van der Waals surface area (Å²) in [5, 5.41) is 13.5. The molecule has 3 fully saturated rings. The van der Waals surface area contributed by atoms with Crippen molar-refractivity contribution in [2.45, 2.75) is 63.8 Å². The van der Waals surface area contributed by atoms with E-state index < -0.39 is 47.0 Å². The molecule has 6 atom stereocenters. The van der Waals surface area contributed by atoms with Gasteiger partial charge in [-0.05, 0) is 63.3 Å². The van der Waals surface area contributed by atoms with Crippen molar-refractivity contribution in [2.24, 2.45) is 11.8 Å². The molecule has 8 heteroatoms. The number of amides is 2. The number of carbonyl (C=O) groups is 3. The minimum atomic E-state index is -1.20. The Morgan fingerprint density at radius 1 is 1.19 bits per heavy atom. The van der Waals surface area contributed by atoms with Crippen LogP contribution in [0.15, 0.2) is 48.5 Å². The molecule has 2 unspecified atom stereocenters. The van der Waals surface area contributed by atoms with E-state index in [0.717, 1.165) is 11.1 Å². The summed E-state index contributed by atoms with van der Waals surface area (Å²) in [6, 6.07) is 13.1. The van der Waals surface area contributed by atoms with E-state index in [1.807, 2.05) is 69.3 Å². The molecule has 2 aromatic rings. The van der Waals surface area contributed by atoms with Crippen LogP contribution >= 0.6 is 0 Å². The topological polar surface area (TPSA) is 105 Å². The number of hydrogen-bond acceptors (Lipinski definition) is 6. The van der Waals surface area contributed by atoms with E-state index in [0.29, 0.717) is 24.1 Å². The van der Waals surface area contributed by atoms with E-state index >= 15 is 0 Å². The molecule has 0 aromatic heterocycles. The van der Waals surface area contributed by atoms with Gasteiger partial charge in [-0.2, -0.15) is 0 Å². The van der Waals surface area contributed by atoms with Crippen LogP contribution in [0.4, 0.5) is 5.69 Å². The Labute approximate surface area is 216 Å². The molecule has 3 aliphatic heterocycles. The van der Waals surface area contributed by atoms with Gasteiger partial charge in [0.2, 0.25) is 11.8 Å². The number of ether oxygens (including phenoxy) is 2. The predicted molar refractivity (Wildman–Crippen MR) is 137 cm³/mol. The van der Waals surface area contributed by atoms with Crippen LogP contribution in [-0.4, -0.2) is 58.2 Å². The van der Waals surface area contributed by atoms with Gasteiger partial charge in [0, 0.05) is 5.69 Å². The Bertz CT molecular complexity index is 1230. The number of esters is 1. The van der Waals surface area contributed by atoms with E-state index in [-0.39, 0.29) is 19.1 Å². The van der Waals surface area contributed by atoms with E-state index in [1.165, 1.54) is 4.90 Å². The van der Waals surface area contributed by atoms with Gasteiger partial charge in [0.1, 0.15) is 17.6 Å². The molecule has 2 N–H and O–H groups in total. The molecule has 2 bridgehead atoms. The molecule has 3 aliphatic rings. The average Bonchev–Trinajstić information content (AvgIpc) is 3.44. The standard InChI is InChI=1S/C29H34N2O6/c1-5-36-27(35)23-22-26(34)31(21(16-32)19-9-7-6-8-10-19)24(29(22)14-13-28(23,4)37-29)25(33)30-20-15-17(2)11-12-18(20)3/h6-12,15,21-24,32H,5,13-14,16H2,1-4H3,(H,30,33)/t21-,22+,23-,24?,28+,29?/m1/s1. The molecular weight excluding hydrogens is 472 g/mol. The number of rotatable bonds is 7. The average molecular weight is 507 g/mol. The highest BCUT2D eigenvalue weighted by Crippen LogP contribution is 2.64. The third-order valence-corrected chi connectivity index (χ3v) is 8.35. The van der Waals surface area contributed by atoms with Gasteiger partial charge in [-0.1, -0.05) is 42.5 Å². The summed E-state index contributed by atoms with van der Waals surface area (Å²) in [5.41, 5.74) is 1.12. The van der Waals surface area contributed by atoms with E-state index in [1.54, 1.807) is 6.92 Å². The first-order chi connectivity index (χ1) is 17.7. The van der Waals surface area contributed by atoms with Gasteiger partial charge in [0.25, 0.3) is 0 Å². The minimum Gasteiger partial charge on any atom is -0.466 e. The van der Waals surface area contributed by atoms with Gasteiger partial charge < -0.3 is 24.8 Å². The number of aliphatic hydroxyl groups is 1. The number of hydrogen-bond donors (Lipinski definition) is 2. The maximum absolute atomic E-state index is 14.2. The van der Waals surface area contributed by atoms with E-state index in [9.17, 15) is 19.5 Å². The van der Waals surface area contributed by atoms with E-state index in [2.05, 4.69) is 5.32 Å². The summed E-state index contributed by atoms with van der Waals surface area (Å²) in [7, 11) is 0. The maximum Gasteiger partial charge on any atom is 0.312 e. The number of aryl methyl sites for hydroxylation is 2. The number of nitrogens with one attached hydrogen (secondary N) is 1. The smallest absolute Gasteiger partial charge is 0.312 e.